The number of fused-ring (bicyclic) bond motifs is 2. The summed E-state index contributed by atoms with van der Waals surface area (Å²) in [5, 5.41) is 0. The summed E-state index contributed by atoms with van der Waals surface area (Å²) in [6.07, 6.45) is 1.72. The smallest absolute Gasteiger partial charge is 0.140 e. The fourth-order valence-electron chi connectivity index (χ4n) is 1.97. The van der Waals surface area contributed by atoms with Crippen LogP contribution in [0, 0.1) is 11.8 Å². The molecule has 0 heterocycles. The molecule has 2 aliphatic carbocycles. The van der Waals surface area contributed by atoms with E-state index in [0.717, 1.165) is 24.0 Å². The van der Waals surface area contributed by atoms with Crippen molar-refractivity contribution in [2.75, 3.05) is 0 Å². The van der Waals surface area contributed by atoms with Crippen molar-refractivity contribution in [1.82, 2.24) is 0 Å². The van der Waals surface area contributed by atoms with Crippen LogP contribution >= 0.6 is 0 Å². The average Bonchev–Trinajstić information content (AvgIpc) is 2.36. The van der Waals surface area contributed by atoms with Gasteiger partial charge in [0.05, 0.1) is 0 Å². The Bertz CT molecular complexity index is 237. The van der Waals surface area contributed by atoms with E-state index >= 15 is 0 Å². The van der Waals surface area contributed by atoms with E-state index in [0.29, 0.717) is 11.7 Å². The molecule has 0 saturated heterocycles. The standard InChI is InChI=1S/C9H10O/c1-5-6(2)8-3-7(5)4-9(8)10/h7-8H,1-4H2/t7?,8-/m0/s1. The van der Waals surface area contributed by atoms with Gasteiger partial charge in [-0.25, -0.2) is 0 Å². The van der Waals surface area contributed by atoms with Gasteiger partial charge in [0.2, 0.25) is 0 Å². The van der Waals surface area contributed by atoms with Crippen LogP contribution in [-0.4, -0.2) is 5.78 Å². The van der Waals surface area contributed by atoms with Gasteiger partial charge in [0.15, 0.2) is 0 Å². The van der Waals surface area contributed by atoms with E-state index in [1.165, 1.54) is 0 Å². The lowest BCUT2D eigenvalue weighted by Crippen LogP contribution is -2.11. The first-order valence-corrected chi connectivity index (χ1v) is 3.61. The van der Waals surface area contributed by atoms with Crippen LogP contribution in [0.15, 0.2) is 24.3 Å². The zero-order valence-corrected chi connectivity index (χ0v) is 5.89. The molecule has 1 heteroatoms. The van der Waals surface area contributed by atoms with Crippen molar-refractivity contribution in [2.45, 2.75) is 12.8 Å². The second-order valence-corrected chi connectivity index (χ2v) is 3.21. The Morgan fingerprint density at radius 2 is 2.00 bits per heavy atom. The highest BCUT2D eigenvalue weighted by atomic mass is 16.1. The summed E-state index contributed by atoms with van der Waals surface area (Å²) in [4.78, 5) is 11.1. The first kappa shape index (κ1) is 5.90. The molecule has 0 amide bonds. The number of carbonyl (C=O) groups excluding carboxylic acids is 1. The lowest BCUT2D eigenvalue weighted by atomic mass is 9.91. The normalized spacial score (nSPS) is 37.8. The van der Waals surface area contributed by atoms with Crippen molar-refractivity contribution < 1.29 is 4.79 Å². The van der Waals surface area contributed by atoms with E-state index in [1.807, 2.05) is 0 Å². The highest BCUT2D eigenvalue weighted by Gasteiger charge is 2.43. The number of Topliss-reactive ketones (excluding diaryl/α,β-unsaturated/α-hetero) is 1. The van der Waals surface area contributed by atoms with Crippen LogP contribution in [-0.2, 0) is 4.79 Å². The van der Waals surface area contributed by atoms with Gasteiger partial charge < -0.3 is 0 Å². The highest BCUT2D eigenvalue weighted by Crippen LogP contribution is 2.47. The van der Waals surface area contributed by atoms with Gasteiger partial charge in [0.25, 0.3) is 0 Å². The molecule has 0 N–H and O–H groups in total. The quantitative estimate of drug-likeness (QED) is 0.493. The molecule has 0 radical (unpaired) electrons. The summed E-state index contributed by atoms with van der Waals surface area (Å²) in [7, 11) is 0. The second-order valence-electron chi connectivity index (χ2n) is 3.21. The Kier molecular flexibility index (Phi) is 0.942. The van der Waals surface area contributed by atoms with Crippen molar-refractivity contribution in [3.05, 3.63) is 24.3 Å². The van der Waals surface area contributed by atoms with E-state index < -0.39 is 0 Å². The number of hydrogen-bond donors (Lipinski definition) is 0. The van der Waals surface area contributed by atoms with Gasteiger partial charge in [-0.1, -0.05) is 13.2 Å². The predicted molar refractivity (Wildman–Crippen MR) is 39.5 cm³/mol. The summed E-state index contributed by atoms with van der Waals surface area (Å²) in [5.74, 6) is 0.977. The Labute approximate surface area is 60.4 Å². The summed E-state index contributed by atoms with van der Waals surface area (Å²) < 4.78 is 0. The van der Waals surface area contributed by atoms with Crippen LogP contribution in [0.5, 0.6) is 0 Å². The number of rotatable bonds is 0. The third-order valence-corrected chi connectivity index (χ3v) is 2.68. The second kappa shape index (κ2) is 1.60. The minimum Gasteiger partial charge on any atom is -0.299 e. The molecule has 0 spiro atoms. The summed E-state index contributed by atoms with van der Waals surface area (Å²) in [5.41, 5.74) is 2.13. The van der Waals surface area contributed by atoms with Gasteiger partial charge in [0.1, 0.15) is 5.78 Å². The molecule has 2 bridgehead atoms. The van der Waals surface area contributed by atoms with E-state index in [1.54, 1.807) is 0 Å². The average molecular weight is 134 g/mol. The van der Waals surface area contributed by atoms with Gasteiger partial charge in [-0.3, -0.25) is 4.79 Å². The fourth-order valence-corrected chi connectivity index (χ4v) is 1.97. The number of carbonyl (C=O) groups is 1. The van der Waals surface area contributed by atoms with E-state index in [4.69, 9.17) is 0 Å². The molecule has 0 aromatic carbocycles. The van der Waals surface area contributed by atoms with Crippen LogP contribution in [0.3, 0.4) is 0 Å². The van der Waals surface area contributed by atoms with Crippen molar-refractivity contribution in [2.24, 2.45) is 11.8 Å². The largest absolute Gasteiger partial charge is 0.299 e. The van der Waals surface area contributed by atoms with Crippen molar-refractivity contribution >= 4 is 5.78 Å². The molecule has 0 aliphatic heterocycles. The molecule has 52 valence electrons. The molecule has 0 aromatic rings. The molecule has 2 saturated carbocycles. The Morgan fingerprint density at radius 3 is 2.40 bits per heavy atom. The molecular formula is C9H10O. The van der Waals surface area contributed by atoms with Crippen LogP contribution in [0.2, 0.25) is 0 Å². The molecule has 0 aromatic heterocycles. The molecule has 2 aliphatic rings. The zero-order chi connectivity index (χ0) is 7.30. The Morgan fingerprint density at radius 1 is 1.30 bits per heavy atom. The molecule has 1 nitrogen and oxygen atoms in total. The monoisotopic (exact) mass is 134 g/mol. The third-order valence-electron chi connectivity index (χ3n) is 2.68. The van der Waals surface area contributed by atoms with Crippen LogP contribution in [0.1, 0.15) is 12.8 Å². The van der Waals surface area contributed by atoms with Crippen molar-refractivity contribution in [3.63, 3.8) is 0 Å². The summed E-state index contributed by atoms with van der Waals surface area (Å²) in [6, 6.07) is 0. The van der Waals surface area contributed by atoms with Gasteiger partial charge in [-0.05, 0) is 23.5 Å². The van der Waals surface area contributed by atoms with Crippen molar-refractivity contribution in [1.29, 1.82) is 0 Å². The van der Waals surface area contributed by atoms with E-state index in [-0.39, 0.29) is 5.92 Å². The van der Waals surface area contributed by atoms with Gasteiger partial charge in [0, 0.05) is 12.3 Å². The zero-order valence-electron chi connectivity index (χ0n) is 5.89. The molecular weight excluding hydrogens is 124 g/mol. The first-order chi connectivity index (χ1) is 4.70. The lowest BCUT2D eigenvalue weighted by Gasteiger charge is -2.12. The van der Waals surface area contributed by atoms with E-state index in [9.17, 15) is 4.79 Å². The van der Waals surface area contributed by atoms with Crippen LogP contribution in [0.25, 0.3) is 0 Å². The van der Waals surface area contributed by atoms with E-state index in [2.05, 4.69) is 13.2 Å². The fraction of sp³-hybridized carbons (Fsp3) is 0.444. The van der Waals surface area contributed by atoms with Gasteiger partial charge in [-0.15, -0.1) is 0 Å². The molecule has 2 atom stereocenters. The number of allylic oxidation sites excluding steroid dienone is 2. The molecule has 2 rings (SSSR count). The highest BCUT2D eigenvalue weighted by molar-refractivity contribution is 5.90. The molecule has 1 unspecified atom stereocenters. The maximum Gasteiger partial charge on any atom is 0.140 e. The minimum absolute atomic E-state index is 0.150. The number of hydrogen-bond acceptors (Lipinski definition) is 1. The maximum atomic E-state index is 11.1. The van der Waals surface area contributed by atoms with Gasteiger partial charge in [-0.2, -0.15) is 0 Å². The maximum absolute atomic E-state index is 11.1. The van der Waals surface area contributed by atoms with Crippen LogP contribution in [0.4, 0.5) is 0 Å². The molecule has 2 fully saturated rings. The minimum atomic E-state index is 0.150. The van der Waals surface area contributed by atoms with Crippen LogP contribution < -0.4 is 0 Å². The summed E-state index contributed by atoms with van der Waals surface area (Å²) in [6.45, 7) is 7.75. The first-order valence-electron chi connectivity index (χ1n) is 3.61. The lowest BCUT2D eigenvalue weighted by molar-refractivity contribution is -0.120. The predicted octanol–water partition coefficient (Wildman–Crippen LogP) is 1.71. The number of ketones is 1. The SMILES string of the molecule is C=C1C(=C)[C@@H]2CC1CC2=O. The van der Waals surface area contributed by atoms with Crippen molar-refractivity contribution in [3.8, 4) is 0 Å². The summed E-state index contributed by atoms with van der Waals surface area (Å²) >= 11 is 0. The third kappa shape index (κ3) is 0.505. The van der Waals surface area contributed by atoms with Gasteiger partial charge >= 0.3 is 0 Å². The molecule has 10 heavy (non-hydrogen) atoms. The Balaban J connectivity index is 2.41. The topological polar surface area (TPSA) is 17.1 Å². The Hall–Kier alpha value is -0.850.